The number of aryl methyl sites for hydroxylation is 1. The van der Waals surface area contributed by atoms with Gasteiger partial charge in [0.1, 0.15) is 11.5 Å². The maximum absolute atomic E-state index is 12.1. The number of rotatable bonds is 8. The van der Waals surface area contributed by atoms with Gasteiger partial charge in [-0.2, -0.15) is 5.10 Å². The Morgan fingerprint density at radius 1 is 1.18 bits per heavy atom. The second-order valence-corrected chi connectivity index (χ2v) is 10.2. The number of phenols is 2. The summed E-state index contributed by atoms with van der Waals surface area (Å²) in [6.45, 7) is 13.2. The third kappa shape index (κ3) is 6.69. The van der Waals surface area contributed by atoms with E-state index in [1.54, 1.807) is 19.9 Å². The summed E-state index contributed by atoms with van der Waals surface area (Å²) < 4.78 is 5.40. The van der Waals surface area contributed by atoms with E-state index in [4.69, 9.17) is 4.74 Å². The van der Waals surface area contributed by atoms with Crippen LogP contribution in [0, 0.1) is 29.4 Å². The van der Waals surface area contributed by atoms with Gasteiger partial charge in [0.05, 0.1) is 11.1 Å². The predicted molar refractivity (Wildman–Crippen MR) is 131 cm³/mol. The zero-order valence-corrected chi connectivity index (χ0v) is 20.7. The molecule has 0 saturated carbocycles. The number of ether oxygens (including phenoxy) is 1. The van der Waals surface area contributed by atoms with Crippen LogP contribution >= 0.6 is 0 Å². The van der Waals surface area contributed by atoms with E-state index in [1.807, 2.05) is 13.8 Å². The molecule has 0 radical (unpaired) electrons. The highest BCUT2D eigenvalue weighted by atomic mass is 16.6. The molecule has 0 fully saturated rings. The Kier molecular flexibility index (Phi) is 7.92. The Morgan fingerprint density at radius 2 is 1.82 bits per heavy atom. The van der Waals surface area contributed by atoms with E-state index in [0.29, 0.717) is 16.7 Å². The molecule has 34 heavy (non-hydrogen) atoms. The molecule has 3 N–H and O–H groups in total. The molecule has 2 aromatic rings. The van der Waals surface area contributed by atoms with Crippen LogP contribution in [0.15, 0.2) is 29.4 Å². The summed E-state index contributed by atoms with van der Waals surface area (Å²) >= 11 is 0. The topological polar surface area (TPSA) is 134 Å². The van der Waals surface area contributed by atoms with E-state index in [9.17, 15) is 25.1 Å². The first kappa shape index (κ1) is 26.6. The Morgan fingerprint density at radius 3 is 2.41 bits per heavy atom. The molecule has 9 heteroatoms. The summed E-state index contributed by atoms with van der Waals surface area (Å²) in [6, 6.07) is 6.26. The van der Waals surface area contributed by atoms with Crippen molar-refractivity contribution in [1.29, 1.82) is 0 Å². The summed E-state index contributed by atoms with van der Waals surface area (Å²) in [5, 5.41) is 35.3. The van der Waals surface area contributed by atoms with Crippen LogP contribution in [-0.2, 0) is 10.2 Å². The third-order valence-corrected chi connectivity index (χ3v) is 5.42. The molecule has 0 bridgehead atoms. The molecule has 0 aliphatic carbocycles. The van der Waals surface area contributed by atoms with Gasteiger partial charge in [0.25, 0.3) is 5.91 Å². The van der Waals surface area contributed by atoms with Crippen LogP contribution in [-0.4, -0.2) is 33.9 Å². The molecule has 2 rings (SSSR count). The van der Waals surface area contributed by atoms with Crippen LogP contribution in [0.3, 0.4) is 0 Å². The number of hydrazone groups is 1. The molecular formula is C25H33N3O6. The molecule has 184 valence electrons. The molecule has 0 saturated heterocycles. The minimum Gasteiger partial charge on any atom is -0.508 e. The first-order chi connectivity index (χ1) is 15.6. The molecule has 0 heterocycles. The van der Waals surface area contributed by atoms with Gasteiger partial charge in [-0.15, -0.1) is 0 Å². The first-order valence-electron chi connectivity index (χ1n) is 10.9. The summed E-state index contributed by atoms with van der Waals surface area (Å²) in [6.07, 6.45) is 2.08. The summed E-state index contributed by atoms with van der Waals surface area (Å²) in [5.74, 6) is -0.826. The molecule has 9 nitrogen and oxygen atoms in total. The van der Waals surface area contributed by atoms with Crippen LogP contribution in [0.2, 0.25) is 0 Å². The van der Waals surface area contributed by atoms with E-state index in [2.05, 4.69) is 31.3 Å². The monoisotopic (exact) mass is 471 g/mol. The van der Waals surface area contributed by atoms with E-state index in [1.165, 1.54) is 24.4 Å². The maximum atomic E-state index is 12.1. The van der Waals surface area contributed by atoms with Gasteiger partial charge in [-0.25, -0.2) is 5.43 Å². The van der Waals surface area contributed by atoms with Crippen molar-refractivity contribution in [3.05, 3.63) is 56.6 Å². The van der Waals surface area contributed by atoms with Crippen molar-refractivity contribution in [1.82, 2.24) is 5.43 Å². The highest BCUT2D eigenvalue weighted by molar-refractivity contribution is 5.88. The SMILES string of the molecule is Cc1cc(O)c(C)c(O)c1/C=N\NC(=O)COc1ccc(C(C)(C)CC(C)(C)C)cc1[N+](=O)[O-]. The number of amides is 1. The quantitative estimate of drug-likeness (QED) is 0.286. The summed E-state index contributed by atoms with van der Waals surface area (Å²) in [4.78, 5) is 23.2. The fraction of sp³-hybridized carbons (Fsp3) is 0.440. The lowest BCUT2D eigenvalue weighted by Crippen LogP contribution is -2.26. The molecule has 0 spiro atoms. The van der Waals surface area contributed by atoms with E-state index in [-0.39, 0.29) is 33.8 Å². The smallest absolute Gasteiger partial charge is 0.311 e. The number of nitro groups is 1. The number of phenolic OH excluding ortho intramolecular Hbond substituents is 2. The van der Waals surface area contributed by atoms with Gasteiger partial charge in [-0.1, -0.05) is 40.7 Å². The summed E-state index contributed by atoms with van der Waals surface area (Å²) in [5.41, 5.74) is 3.83. The molecule has 2 aromatic carbocycles. The summed E-state index contributed by atoms with van der Waals surface area (Å²) in [7, 11) is 0. The van der Waals surface area contributed by atoms with Crippen molar-refractivity contribution in [2.75, 3.05) is 6.61 Å². The third-order valence-electron chi connectivity index (χ3n) is 5.42. The minimum atomic E-state index is -0.629. The normalized spacial score (nSPS) is 12.1. The number of nitro benzene ring substituents is 1. The van der Waals surface area contributed by atoms with Gasteiger partial charge >= 0.3 is 5.69 Å². The van der Waals surface area contributed by atoms with Crippen molar-refractivity contribution < 1.29 is 24.7 Å². The number of nitrogens with one attached hydrogen (secondary N) is 1. The Labute approximate surface area is 199 Å². The van der Waals surface area contributed by atoms with Gasteiger partial charge in [-0.3, -0.25) is 14.9 Å². The fourth-order valence-electron chi connectivity index (χ4n) is 4.04. The van der Waals surface area contributed by atoms with Crippen molar-refractivity contribution in [2.45, 2.75) is 60.3 Å². The Bertz CT molecular complexity index is 1120. The highest BCUT2D eigenvalue weighted by Gasteiger charge is 2.30. The van der Waals surface area contributed by atoms with Crippen molar-refractivity contribution >= 4 is 17.8 Å². The molecule has 0 atom stereocenters. The van der Waals surface area contributed by atoms with Gasteiger partial charge < -0.3 is 14.9 Å². The molecular weight excluding hydrogens is 438 g/mol. The fourth-order valence-corrected chi connectivity index (χ4v) is 4.04. The molecule has 0 aliphatic heterocycles. The second kappa shape index (κ2) is 10.1. The standard InChI is InChI=1S/C25H33N3O6/c1-15-10-20(29)16(2)23(31)18(15)12-26-27-22(30)13-34-21-9-8-17(11-19(21)28(32)33)25(6,7)14-24(3,4)5/h8-12,29,31H,13-14H2,1-7H3,(H,27,30)/b26-12-. The van der Waals surface area contributed by atoms with Crippen molar-refractivity contribution in [2.24, 2.45) is 10.5 Å². The number of hydrogen-bond acceptors (Lipinski definition) is 7. The van der Waals surface area contributed by atoms with Crippen LogP contribution in [0.5, 0.6) is 17.2 Å². The van der Waals surface area contributed by atoms with Gasteiger partial charge in [0, 0.05) is 17.2 Å². The highest BCUT2D eigenvalue weighted by Crippen LogP contribution is 2.39. The Balaban J connectivity index is 2.10. The number of nitrogens with zero attached hydrogens (tertiary/aromatic N) is 2. The lowest BCUT2D eigenvalue weighted by atomic mass is 9.72. The predicted octanol–water partition coefficient (Wildman–Crippen LogP) is 4.87. The van der Waals surface area contributed by atoms with Crippen LogP contribution in [0.4, 0.5) is 5.69 Å². The van der Waals surface area contributed by atoms with E-state index >= 15 is 0 Å². The van der Waals surface area contributed by atoms with Gasteiger partial charge in [0.2, 0.25) is 0 Å². The van der Waals surface area contributed by atoms with Crippen LogP contribution < -0.4 is 10.2 Å². The molecule has 0 aromatic heterocycles. The van der Waals surface area contributed by atoms with Crippen LogP contribution in [0.25, 0.3) is 0 Å². The largest absolute Gasteiger partial charge is 0.508 e. The number of hydrogen-bond donors (Lipinski definition) is 3. The van der Waals surface area contributed by atoms with Crippen molar-refractivity contribution in [3.63, 3.8) is 0 Å². The number of carbonyl (C=O) groups is 1. The lowest BCUT2D eigenvalue weighted by Gasteiger charge is -2.33. The van der Waals surface area contributed by atoms with Crippen LogP contribution in [0.1, 0.15) is 63.3 Å². The second-order valence-electron chi connectivity index (χ2n) is 10.2. The lowest BCUT2D eigenvalue weighted by molar-refractivity contribution is -0.385. The zero-order valence-electron chi connectivity index (χ0n) is 20.7. The molecule has 1 amide bonds. The minimum absolute atomic E-state index is 0.0120. The average molecular weight is 472 g/mol. The van der Waals surface area contributed by atoms with E-state index < -0.39 is 17.4 Å². The number of benzene rings is 2. The van der Waals surface area contributed by atoms with Gasteiger partial charge in [0.15, 0.2) is 12.4 Å². The maximum Gasteiger partial charge on any atom is 0.311 e. The zero-order chi connectivity index (χ0) is 25.8. The Hall–Kier alpha value is -3.62. The molecule has 0 aliphatic rings. The number of carbonyl (C=O) groups excluding carboxylic acids is 1. The van der Waals surface area contributed by atoms with Gasteiger partial charge in [-0.05, 0) is 54.4 Å². The van der Waals surface area contributed by atoms with E-state index in [0.717, 1.165) is 12.0 Å². The molecule has 0 unspecified atom stereocenters. The number of aromatic hydroxyl groups is 2. The first-order valence-corrected chi connectivity index (χ1v) is 10.9. The average Bonchev–Trinajstić information content (AvgIpc) is 2.71. The van der Waals surface area contributed by atoms with Crippen molar-refractivity contribution in [3.8, 4) is 17.2 Å².